The van der Waals surface area contributed by atoms with E-state index in [0.29, 0.717) is 28.0 Å². The molecule has 1 aromatic carbocycles. The Hall–Kier alpha value is -1.52. The Morgan fingerprint density at radius 1 is 1.32 bits per heavy atom. The third-order valence-corrected chi connectivity index (χ3v) is 3.32. The Morgan fingerprint density at radius 2 is 2.05 bits per heavy atom. The molecule has 0 atom stereocenters. The number of nitrogens with zero attached hydrogens (tertiary/aromatic N) is 2. The van der Waals surface area contributed by atoms with Gasteiger partial charge in [-0.1, -0.05) is 29.3 Å². The third-order valence-electron chi connectivity index (χ3n) is 2.58. The van der Waals surface area contributed by atoms with Gasteiger partial charge in [0.1, 0.15) is 5.69 Å². The number of aromatic nitrogens is 2. The van der Waals surface area contributed by atoms with Crippen molar-refractivity contribution in [2.75, 3.05) is 6.61 Å². The Kier molecular flexibility index (Phi) is 4.12. The Balaban J connectivity index is 2.38. The molecule has 0 unspecified atom stereocenters. The van der Waals surface area contributed by atoms with Crippen LogP contribution in [0.15, 0.2) is 24.3 Å². The lowest BCUT2D eigenvalue weighted by Crippen LogP contribution is -2.10. The molecule has 0 aliphatic rings. The highest BCUT2D eigenvalue weighted by Gasteiger charge is 2.15. The molecule has 2 rings (SSSR count). The molecule has 4 nitrogen and oxygen atoms in total. The second kappa shape index (κ2) is 5.63. The monoisotopic (exact) mass is 298 g/mol. The van der Waals surface area contributed by atoms with Crippen LogP contribution in [-0.2, 0) is 11.8 Å². The zero-order chi connectivity index (χ0) is 14.0. The predicted octanol–water partition coefficient (Wildman–Crippen LogP) is 3.57. The summed E-state index contributed by atoms with van der Waals surface area (Å²) in [6.45, 7) is 2.08. The number of carbonyl (C=O) groups excluding carboxylic acids is 1. The van der Waals surface area contributed by atoms with Crippen molar-refractivity contribution in [3.8, 4) is 11.3 Å². The largest absolute Gasteiger partial charge is 0.461 e. The van der Waals surface area contributed by atoms with Gasteiger partial charge < -0.3 is 4.74 Å². The Morgan fingerprint density at radius 3 is 2.68 bits per heavy atom. The van der Waals surface area contributed by atoms with Crippen LogP contribution >= 0.6 is 23.2 Å². The van der Waals surface area contributed by atoms with Crippen molar-refractivity contribution in [2.24, 2.45) is 7.05 Å². The van der Waals surface area contributed by atoms with Gasteiger partial charge >= 0.3 is 5.97 Å². The van der Waals surface area contributed by atoms with Crippen LogP contribution in [0.4, 0.5) is 0 Å². The van der Waals surface area contributed by atoms with Gasteiger partial charge in [0.2, 0.25) is 0 Å². The summed E-state index contributed by atoms with van der Waals surface area (Å²) in [5.74, 6) is -0.399. The summed E-state index contributed by atoms with van der Waals surface area (Å²) in [5.41, 5.74) is 1.83. The molecule has 6 heteroatoms. The summed E-state index contributed by atoms with van der Waals surface area (Å²) in [5, 5.41) is 5.19. The minimum Gasteiger partial charge on any atom is -0.461 e. The first-order chi connectivity index (χ1) is 9.02. The average Bonchev–Trinajstić information content (AvgIpc) is 2.75. The van der Waals surface area contributed by atoms with Crippen molar-refractivity contribution >= 4 is 29.2 Å². The number of benzene rings is 1. The van der Waals surface area contributed by atoms with Crippen molar-refractivity contribution in [1.82, 2.24) is 9.78 Å². The normalized spacial score (nSPS) is 10.5. The van der Waals surface area contributed by atoms with Gasteiger partial charge in [0.25, 0.3) is 0 Å². The maximum absolute atomic E-state index is 11.7. The fourth-order valence-electron chi connectivity index (χ4n) is 1.66. The van der Waals surface area contributed by atoms with Gasteiger partial charge in [0, 0.05) is 12.6 Å². The van der Waals surface area contributed by atoms with Crippen LogP contribution in [-0.4, -0.2) is 22.4 Å². The smallest absolute Gasteiger partial charge is 0.356 e. The molecule has 0 radical (unpaired) electrons. The van der Waals surface area contributed by atoms with Crippen molar-refractivity contribution < 1.29 is 9.53 Å². The highest BCUT2D eigenvalue weighted by Crippen LogP contribution is 2.28. The molecule has 0 aliphatic heterocycles. The molecule has 100 valence electrons. The van der Waals surface area contributed by atoms with E-state index in [9.17, 15) is 4.79 Å². The maximum atomic E-state index is 11.7. The summed E-state index contributed by atoms with van der Waals surface area (Å²) >= 11 is 11.8. The number of halogens is 2. The van der Waals surface area contributed by atoms with Gasteiger partial charge in [0.05, 0.1) is 22.3 Å². The molecule has 19 heavy (non-hydrogen) atoms. The van der Waals surface area contributed by atoms with Crippen LogP contribution in [0, 0.1) is 0 Å². The van der Waals surface area contributed by atoms with Gasteiger partial charge in [-0.2, -0.15) is 5.10 Å². The van der Waals surface area contributed by atoms with Crippen LogP contribution in [0.2, 0.25) is 10.0 Å². The fourth-order valence-corrected chi connectivity index (χ4v) is 1.96. The van der Waals surface area contributed by atoms with Gasteiger partial charge in [-0.3, -0.25) is 4.68 Å². The number of aryl methyl sites for hydroxylation is 1. The average molecular weight is 299 g/mol. The Bertz CT molecular complexity index is 623. The Labute approximate surface area is 120 Å². The van der Waals surface area contributed by atoms with Gasteiger partial charge in [-0.05, 0) is 25.1 Å². The first kappa shape index (κ1) is 13.9. The number of ether oxygens (including phenoxy) is 1. The fraction of sp³-hybridized carbons (Fsp3) is 0.231. The second-order valence-electron chi connectivity index (χ2n) is 3.89. The molecule has 2 aromatic rings. The molecule has 0 saturated carbocycles. The van der Waals surface area contributed by atoms with E-state index in [1.165, 1.54) is 4.68 Å². The van der Waals surface area contributed by atoms with E-state index < -0.39 is 5.97 Å². The highest BCUT2D eigenvalue weighted by molar-refractivity contribution is 6.42. The number of esters is 1. The molecule has 0 amide bonds. The van der Waals surface area contributed by atoms with E-state index in [2.05, 4.69) is 5.10 Å². The molecular weight excluding hydrogens is 287 g/mol. The molecule has 0 fully saturated rings. The van der Waals surface area contributed by atoms with E-state index in [0.717, 1.165) is 5.56 Å². The molecule has 0 saturated heterocycles. The van der Waals surface area contributed by atoms with Gasteiger partial charge in [0.15, 0.2) is 0 Å². The molecule has 0 spiro atoms. The molecule has 0 bridgehead atoms. The van der Waals surface area contributed by atoms with E-state index >= 15 is 0 Å². The van der Waals surface area contributed by atoms with Crippen molar-refractivity contribution in [2.45, 2.75) is 6.92 Å². The van der Waals surface area contributed by atoms with Crippen molar-refractivity contribution in [3.63, 3.8) is 0 Å². The van der Waals surface area contributed by atoms with E-state index in [4.69, 9.17) is 27.9 Å². The minimum absolute atomic E-state index is 0.326. The van der Waals surface area contributed by atoms with Crippen molar-refractivity contribution in [3.05, 3.63) is 40.0 Å². The number of carbonyl (C=O) groups is 1. The van der Waals surface area contributed by atoms with Gasteiger partial charge in [-0.25, -0.2) is 4.79 Å². The van der Waals surface area contributed by atoms with E-state index in [1.54, 1.807) is 38.2 Å². The lowest BCUT2D eigenvalue weighted by molar-refractivity contribution is 0.0513. The molecular formula is C13H12Cl2N2O2. The summed E-state index contributed by atoms with van der Waals surface area (Å²) < 4.78 is 6.44. The lowest BCUT2D eigenvalue weighted by atomic mass is 10.1. The number of hydrogen-bond donors (Lipinski definition) is 0. The first-order valence-electron chi connectivity index (χ1n) is 5.69. The topological polar surface area (TPSA) is 44.1 Å². The zero-order valence-electron chi connectivity index (χ0n) is 10.5. The number of hydrogen-bond acceptors (Lipinski definition) is 3. The lowest BCUT2D eigenvalue weighted by Gasteiger charge is -1.99. The first-order valence-corrected chi connectivity index (χ1v) is 6.45. The standard InChI is InChI=1S/C13H12Cl2N2O2/c1-3-19-13(18)12-7-11(16-17(12)2)8-4-5-9(14)10(15)6-8/h4-7H,3H2,1-2H3. The SMILES string of the molecule is CCOC(=O)c1cc(-c2ccc(Cl)c(Cl)c2)nn1C. The maximum Gasteiger partial charge on any atom is 0.356 e. The molecule has 1 aromatic heterocycles. The molecule has 0 N–H and O–H groups in total. The molecule has 0 aliphatic carbocycles. The summed E-state index contributed by atoms with van der Waals surface area (Å²) in [4.78, 5) is 11.7. The van der Waals surface area contributed by atoms with Crippen LogP contribution in [0.5, 0.6) is 0 Å². The second-order valence-corrected chi connectivity index (χ2v) is 4.70. The summed E-state index contributed by atoms with van der Waals surface area (Å²) in [7, 11) is 1.69. The summed E-state index contributed by atoms with van der Waals surface area (Å²) in [6, 6.07) is 6.86. The van der Waals surface area contributed by atoms with Crippen LogP contribution < -0.4 is 0 Å². The quantitative estimate of drug-likeness (QED) is 0.814. The summed E-state index contributed by atoms with van der Waals surface area (Å²) in [6.07, 6.45) is 0. The predicted molar refractivity (Wildman–Crippen MR) is 74.6 cm³/mol. The minimum atomic E-state index is -0.399. The zero-order valence-corrected chi connectivity index (χ0v) is 12.0. The third kappa shape index (κ3) is 2.91. The van der Waals surface area contributed by atoms with Crippen molar-refractivity contribution in [1.29, 1.82) is 0 Å². The van der Waals surface area contributed by atoms with E-state index in [-0.39, 0.29) is 0 Å². The van der Waals surface area contributed by atoms with Gasteiger partial charge in [-0.15, -0.1) is 0 Å². The number of rotatable bonds is 3. The van der Waals surface area contributed by atoms with Crippen LogP contribution in [0.3, 0.4) is 0 Å². The van der Waals surface area contributed by atoms with E-state index in [1.807, 2.05) is 0 Å². The molecule has 1 heterocycles. The van der Waals surface area contributed by atoms with Crippen LogP contribution in [0.1, 0.15) is 17.4 Å². The van der Waals surface area contributed by atoms with Crippen LogP contribution in [0.25, 0.3) is 11.3 Å². The highest BCUT2D eigenvalue weighted by atomic mass is 35.5.